The van der Waals surface area contributed by atoms with E-state index in [1.807, 2.05) is 24.1 Å². The zero-order valence-corrected chi connectivity index (χ0v) is 18.6. The molecule has 1 aliphatic heterocycles. The standard InChI is InChI=1S/C25H21ClN2O5/c1-28(17-7-5-16(26)6-8-17)18-9-11-21(27-14-18)23(29)15-4-10-19(20(13-15)25(31)32)24(30)22-3-2-12-33-22/h4-11,13-14,22H,2-3,12H2,1H3,(H,31,32). The average Bonchev–Trinajstić information content (AvgIpc) is 3.38. The van der Waals surface area contributed by atoms with E-state index < -0.39 is 17.9 Å². The van der Waals surface area contributed by atoms with Gasteiger partial charge in [0.05, 0.1) is 17.4 Å². The second-order valence-corrected chi connectivity index (χ2v) is 8.13. The molecule has 2 heterocycles. The number of carbonyl (C=O) groups is 3. The van der Waals surface area contributed by atoms with Crippen LogP contribution in [0.15, 0.2) is 60.8 Å². The van der Waals surface area contributed by atoms with Gasteiger partial charge in [0.15, 0.2) is 5.78 Å². The minimum atomic E-state index is -1.28. The summed E-state index contributed by atoms with van der Waals surface area (Å²) in [5.74, 6) is -2.09. The maximum Gasteiger partial charge on any atom is 0.336 e. The fourth-order valence-corrected chi connectivity index (χ4v) is 3.84. The van der Waals surface area contributed by atoms with E-state index in [0.717, 1.165) is 17.8 Å². The molecule has 8 heteroatoms. The molecule has 33 heavy (non-hydrogen) atoms. The number of benzene rings is 2. The van der Waals surface area contributed by atoms with Crippen molar-refractivity contribution in [1.29, 1.82) is 0 Å². The molecule has 1 N–H and O–H groups in total. The molecule has 168 valence electrons. The van der Waals surface area contributed by atoms with Crippen LogP contribution in [0.2, 0.25) is 5.02 Å². The summed E-state index contributed by atoms with van der Waals surface area (Å²) in [6.07, 6.45) is 2.23. The number of carboxylic acids is 1. The van der Waals surface area contributed by atoms with E-state index in [2.05, 4.69) is 4.98 Å². The van der Waals surface area contributed by atoms with Gasteiger partial charge in [-0.05, 0) is 61.4 Å². The van der Waals surface area contributed by atoms with E-state index in [4.69, 9.17) is 16.3 Å². The van der Waals surface area contributed by atoms with Crippen molar-refractivity contribution in [2.75, 3.05) is 18.6 Å². The van der Waals surface area contributed by atoms with Crippen molar-refractivity contribution in [3.63, 3.8) is 0 Å². The van der Waals surface area contributed by atoms with Crippen molar-refractivity contribution in [2.24, 2.45) is 0 Å². The van der Waals surface area contributed by atoms with Gasteiger partial charge in [0.1, 0.15) is 11.8 Å². The number of pyridine rings is 1. The molecule has 0 amide bonds. The first kappa shape index (κ1) is 22.6. The SMILES string of the molecule is CN(c1ccc(Cl)cc1)c1ccc(C(=O)c2ccc(C(=O)C3CCCO3)c(C(=O)O)c2)nc1. The highest BCUT2D eigenvalue weighted by molar-refractivity contribution is 6.30. The number of hydrogen-bond acceptors (Lipinski definition) is 6. The van der Waals surface area contributed by atoms with Gasteiger partial charge >= 0.3 is 5.97 Å². The second-order valence-electron chi connectivity index (χ2n) is 7.70. The lowest BCUT2D eigenvalue weighted by atomic mass is 9.95. The van der Waals surface area contributed by atoms with E-state index in [9.17, 15) is 19.5 Å². The molecule has 4 rings (SSSR count). The highest BCUT2D eigenvalue weighted by atomic mass is 35.5. The summed E-state index contributed by atoms with van der Waals surface area (Å²) >= 11 is 5.94. The van der Waals surface area contributed by atoms with Gasteiger partial charge in [-0.3, -0.25) is 14.6 Å². The van der Waals surface area contributed by atoms with Gasteiger partial charge in [-0.15, -0.1) is 0 Å². The maximum absolute atomic E-state index is 13.0. The van der Waals surface area contributed by atoms with Crippen molar-refractivity contribution in [3.05, 3.63) is 88.2 Å². The third-order valence-electron chi connectivity index (χ3n) is 5.58. The zero-order chi connectivity index (χ0) is 23.5. The Morgan fingerprint density at radius 2 is 1.76 bits per heavy atom. The molecule has 0 saturated carbocycles. The molecule has 1 atom stereocenters. The van der Waals surface area contributed by atoms with Crippen LogP contribution in [0.5, 0.6) is 0 Å². The Bertz CT molecular complexity index is 1200. The third kappa shape index (κ3) is 4.79. The number of rotatable bonds is 7. The molecule has 1 saturated heterocycles. The molecule has 3 aromatic rings. The lowest BCUT2D eigenvalue weighted by Crippen LogP contribution is -2.22. The van der Waals surface area contributed by atoms with E-state index in [0.29, 0.717) is 18.1 Å². The highest BCUT2D eigenvalue weighted by Crippen LogP contribution is 2.25. The van der Waals surface area contributed by atoms with E-state index in [-0.39, 0.29) is 28.2 Å². The molecule has 0 aliphatic carbocycles. The maximum atomic E-state index is 13.0. The number of ketones is 2. The molecular formula is C25H21ClN2O5. The molecule has 0 bridgehead atoms. The Kier molecular flexibility index (Phi) is 6.53. The number of anilines is 2. The number of Topliss-reactive ketones (excluding diaryl/α,β-unsaturated/α-hetero) is 1. The highest BCUT2D eigenvalue weighted by Gasteiger charge is 2.29. The quantitative estimate of drug-likeness (QED) is 0.502. The van der Waals surface area contributed by atoms with Gasteiger partial charge in [-0.25, -0.2) is 4.79 Å². The Morgan fingerprint density at radius 3 is 2.36 bits per heavy atom. The molecule has 1 aromatic heterocycles. The summed E-state index contributed by atoms with van der Waals surface area (Å²) in [7, 11) is 1.87. The van der Waals surface area contributed by atoms with Crippen LogP contribution in [-0.2, 0) is 4.74 Å². The first-order chi connectivity index (χ1) is 15.8. The summed E-state index contributed by atoms with van der Waals surface area (Å²) in [5, 5.41) is 10.3. The molecule has 7 nitrogen and oxygen atoms in total. The first-order valence-electron chi connectivity index (χ1n) is 10.4. The predicted octanol–water partition coefficient (Wildman–Crippen LogP) is 4.79. The number of halogens is 1. The summed E-state index contributed by atoms with van der Waals surface area (Å²) in [6, 6.07) is 14.7. The van der Waals surface area contributed by atoms with Crippen molar-refractivity contribution >= 4 is 40.5 Å². The monoisotopic (exact) mass is 464 g/mol. The summed E-state index contributed by atoms with van der Waals surface area (Å²) in [6.45, 7) is 0.476. The summed E-state index contributed by atoms with van der Waals surface area (Å²) < 4.78 is 5.39. The Labute approximate surface area is 195 Å². The number of aromatic nitrogens is 1. The van der Waals surface area contributed by atoms with Gasteiger partial charge in [-0.1, -0.05) is 17.7 Å². The molecular weight excluding hydrogens is 444 g/mol. The van der Waals surface area contributed by atoms with Crippen LogP contribution in [0.1, 0.15) is 49.6 Å². The van der Waals surface area contributed by atoms with Crippen LogP contribution in [0.4, 0.5) is 11.4 Å². The number of ether oxygens (including phenoxy) is 1. The van der Waals surface area contributed by atoms with Gasteiger partial charge in [0.25, 0.3) is 0 Å². The fourth-order valence-electron chi connectivity index (χ4n) is 3.72. The minimum Gasteiger partial charge on any atom is -0.478 e. The molecule has 0 spiro atoms. The van der Waals surface area contributed by atoms with Crippen LogP contribution in [0.25, 0.3) is 0 Å². The van der Waals surface area contributed by atoms with Crippen LogP contribution in [-0.4, -0.2) is 47.4 Å². The van der Waals surface area contributed by atoms with Crippen LogP contribution < -0.4 is 4.90 Å². The van der Waals surface area contributed by atoms with Crippen molar-refractivity contribution in [2.45, 2.75) is 18.9 Å². The van der Waals surface area contributed by atoms with Crippen molar-refractivity contribution in [3.8, 4) is 0 Å². The van der Waals surface area contributed by atoms with Gasteiger partial charge in [0, 0.05) is 35.5 Å². The molecule has 0 radical (unpaired) electrons. The normalized spacial score (nSPS) is 15.3. The third-order valence-corrected chi connectivity index (χ3v) is 5.83. The smallest absolute Gasteiger partial charge is 0.336 e. The van der Waals surface area contributed by atoms with Crippen LogP contribution >= 0.6 is 11.6 Å². The molecule has 2 aromatic carbocycles. The van der Waals surface area contributed by atoms with E-state index >= 15 is 0 Å². The van der Waals surface area contributed by atoms with Crippen molar-refractivity contribution in [1.82, 2.24) is 4.98 Å². The molecule has 1 unspecified atom stereocenters. The summed E-state index contributed by atoms with van der Waals surface area (Å²) in [4.78, 5) is 43.6. The molecule has 1 aliphatic rings. The number of hydrogen-bond donors (Lipinski definition) is 1. The number of nitrogens with zero attached hydrogens (tertiary/aromatic N) is 2. The Balaban J connectivity index is 1.57. The van der Waals surface area contributed by atoms with Gasteiger partial charge < -0.3 is 14.7 Å². The Morgan fingerprint density at radius 1 is 1.03 bits per heavy atom. The van der Waals surface area contributed by atoms with Crippen LogP contribution in [0, 0.1) is 0 Å². The lowest BCUT2D eigenvalue weighted by Gasteiger charge is -2.19. The number of carbonyl (C=O) groups excluding carboxylic acids is 2. The summed E-state index contributed by atoms with van der Waals surface area (Å²) in [5.41, 5.74) is 1.79. The van der Waals surface area contributed by atoms with E-state index in [1.54, 1.807) is 30.5 Å². The van der Waals surface area contributed by atoms with Crippen molar-refractivity contribution < 1.29 is 24.2 Å². The fraction of sp³-hybridized carbons (Fsp3) is 0.200. The number of aromatic carboxylic acids is 1. The van der Waals surface area contributed by atoms with E-state index in [1.165, 1.54) is 18.2 Å². The largest absolute Gasteiger partial charge is 0.478 e. The van der Waals surface area contributed by atoms with Gasteiger partial charge in [0.2, 0.25) is 5.78 Å². The topological polar surface area (TPSA) is 96.8 Å². The first-order valence-corrected chi connectivity index (χ1v) is 10.8. The Hall–Kier alpha value is -3.55. The predicted molar refractivity (Wildman–Crippen MR) is 124 cm³/mol. The average molecular weight is 465 g/mol. The molecule has 1 fully saturated rings. The lowest BCUT2D eigenvalue weighted by molar-refractivity contribution is 0.0624. The second kappa shape index (κ2) is 9.52. The number of carboxylic acid groups (broad SMARTS) is 1. The zero-order valence-electron chi connectivity index (χ0n) is 17.8. The van der Waals surface area contributed by atoms with Crippen LogP contribution in [0.3, 0.4) is 0 Å². The minimum absolute atomic E-state index is 0.0406. The van der Waals surface area contributed by atoms with Gasteiger partial charge in [-0.2, -0.15) is 0 Å².